The molecule has 0 amide bonds. The topological polar surface area (TPSA) is 50.9 Å². The molecule has 10 heavy (non-hydrogen) atoms. The molecule has 0 saturated carbocycles. The van der Waals surface area contributed by atoms with Crippen molar-refractivity contribution in [2.75, 3.05) is 0 Å². The number of aliphatic hydroxyl groups excluding tert-OH is 1. The summed E-state index contributed by atoms with van der Waals surface area (Å²) in [4.78, 5) is 0. The van der Waals surface area contributed by atoms with E-state index in [2.05, 4.69) is 10.3 Å². The van der Waals surface area contributed by atoms with E-state index in [0.717, 1.165) is 5.69 Å². The first kappa shape index (κ1) is 7.21. The number of aromatic nitrogens is 3. The molecule has 0 aliphatic rings. The van der Waals surface area contributed by atoms with Gasteiger partial charge in [0.2, 0.25) is 0 Å². The normalized spacial score (nSPS) is 13.5. The van der Waals surface area contributed by atoms with Gasteiger partial charge in [-0.05, 0) is 6.92 Å². The predicted octanol–water partition coefficient (Wildman–Crippen LogP) is -0.262. The third-order valence-corrected chi connectivity index (χ3v) is 1.31. The van der Waals surface area contributed by atoms with Crippen molar-refractivity contribution in [2.24, 2.45) is 7.05 Å². The lowest BCUT2D eigenvalue weighted by Crippen LogP contribution is -2.08. The Balaban J connectivity index is 2.65. The largest absolute Gasteiger partial charge is 0.393 e. The second-order valence-electron chi connectivity index (χ2n) is 2.40. The van der Waals surface area contributed by atoms with Crippen LogP contribution >= 0.6 is 0 Å². The van der Waals surface area contributed by atoms with E-state index in [1.54, 1.807) is 17.8 Å². The van der Waals surface area contributed by atoms with Crippen molar-refractivity contribution >= 4 is 0 Å². The third-order valence-electron chi connectivity index (χ3n) is 1.31. The van der Waals surface area contributed by atoms with Gasteiger partial charge in [-0.3, -0.25) is 4.68 Å². The van der Waals surface area contributed by atoms with Crippen LogP contribution in [0.4, 0.5) is 0 Å². The number of hydrogen-bond donors (Lipinski definition) is 1. The first-order valence-electron chi connectivity index (χ1n) is 3.22. The van der Waals surface area contributed by atoms with Gasteiger partial charge in [-0.1, -0.05) is 5.21 Å². The molecule has 0 aliphatic carbocycles. The van der Waals surface area contributed by atoms with Crippen molar-refractivity contribution in [3.8, 4) is 0 Å². The van der Waals surface area contributed by atoms with Crippen molar-refractivity contribution in [3.63, 3.8) is 0 Å². The van der Waals surface area contributed by atoms with Crippen LogP contribution in [0.1, 0.15) is 12.6 Å². The van der Waals surface area contributed by atoms with Gasteiger partial charge in [0, 0.05) is 13.5 Å². The van der Waals surface area contributed by atoms with Gasteiger partial charge in [-0.15, -0.1) is 5.10 Å². The highest BCUT2D eigenvalue weighted by molar-refractivity contribution is 4.94. The van der Waals surface area contributed by atoms with E-state index in [4.69, 9.17) is 5.11 Å². The van der Waals surface area contributed by atoms with Crippen molar-refractivity contribution in [3.05, 3.63) is 11.9 Å². The van der Waals surface area contributed by atoms with Crippen LogP contribution in [0, 0.1) is 0 Å². The van der Waals surface area contributed by atoms with E-state index in [-0.39, 0.29) is 6.10 Å². The van der Waals surface area contributed by atoms with E-state index >= 15 is 0 Å². The molecular weight excluding hydrogens is 130 g/mol. The smallest absolute Gasteiger partial charge is 0.0725 e. The Morgan fingerprint density at radius 2 is 2.50 bits per heavy atom. The monoisotopic (exact) mass is 141 g/mol. The fourth-order valence-corrected chi connectivity index (χ4v) is 0.798. The molecule has 0 aromatic carbocycles. The van der Waals surface area contributed by atoms with Crippen LogP contribution in [0.2, 0.25) is 0 Å². The average Bonchev–Trinajstić information content (AvgIpc) is 2.15. The standard InChI is InChI=1S/C6H11N3O/c1-5(10)3-6-4-7-8-9(6)2/h4-5,10H,3H2,1-2H3/t5-/m1/s1. The van der Waals surface area contributed by atoms with Crippen LogP contribution in [-0.4, -0.2) is 26.2 Å². The van der Waals surface area contributed by atoms with Crippen molar-refractivity contribution in [2.45, 2.75) is 19.4 Å². The van der Waals surface area contributed by atoms with Gasteiger partial charge < -0.3 is 5.11 Å². The van der Waals surface area contributed by atoms with Crippen molar-refractivity contribution in [1.29, 1.82) is 0 Å². The molecule has 0 saturated heterocycles. The van der Waals surface area contributed by atoms with Crippen molar-refractivity contribution in [1.82, 2.24) is 15.0 Å². The maximum atomic E-state index is 8.98. The fraction of sp³-hybridized carbons (Fsp3) is 0.667. The number of aryl methyl sites for hydroxylation is 1. The molecular formula is C6H11N3O. The minimum atomic E-state index is -0.322. The minimum Gasteiger partial charge on any atom is -0.393 e. The Morgan fingerprint density at radius 1 is 1.80 bits per heavy atom. The van der Waals surface area contributed by atoms with Gasteiger partial charge in [-0.2, -0.15) is 0 Å². The maximum Gasteiger partial charge on any atom is 0.0725 e. The number of aliphatic hydroxyl groups is 1. The summed E-state index contributed by atoms with van der Waals surface area (Å²) in [6.07, 6.45) is 1.95. The summed E-state index contributed by atoms with van der Waals surface area (Å²) in [5.74, 6) is 0. The lowest BCUT2D eigenvalue weighted by Gasteiger charge is -2.01. The lowest BCUT2D eigenvalue weighted by molar-refractivity contribution is 0.193. The van der Waals surface area contributed by atoms with E-state index in [0.29, 0.717) is 6.42 Å². The summed E-state index contributed by atoms with van der Waals surface area (Å²) < 4.78 is 1.66. The Hall–Kier alpha value is -0.900. The third kappa shape index (κ3) is 1.54. The molecule has 1 aromatic heterocycles. The highest BCUT2D eigenvalue weighted by Gasteiger charge is 2.02. The zero-order chi connectivity index (χ0) is 7.56. The molecule has 56 valence electrons. The second kappa shape index (κ2) is 2.79. The molecule has 1 aromatic rings. The predicted molar refractivity (Wildman–Crippen MR) is 36.4 cm³/mol. The Kier molecular flexibility index (Phi) is 2.01. The SMILES string of the molecule is C[C@@H](O)Cc1cnnn1C. The van der Waals surface area contributed by atoms with Gasteiger partial charge in [0.1, 0.15) is 0 Å². The van der Waals surface area contributed by atoms with Crippen LogP contribution < -0.4 is 0 Å². The lowest BCUT2D eigenvalue weighted by atomic mass is 10.2. The summed E-state index contributed by atoms with van der Waals surface area (Å²) in [7, 11) is 1.81. The van der Waals surface area contributed by atoms with Gasteiger partial charge in [0.25, 0.3) is 0 Å². The second-order valence-corrected chi connectivity index (χ2v) is 2.40. The molecule has 0 radical (unpaired) electrons. The van der Waals surface area contributed by atoms with Crippen LogP contribution in [0.5, 0.6) is 0 Å². The first-order chi connectivity index (χ1) is 4.70. The first-order valence-corrected chi connectivity index (χ1v) is 3.22. The molecule has 1 heterocycles. The van der Waals surface area contributed by atoms with Gasteiger partial charge in [0.05, 0.1) is 18.0 Å². The van der Waals surface area contributed by atoms with E-state index < -0.39 is 0 Å². The Bertz CT molecular complexity index is 207. The summed E-state index contributed by atoms with van der Waals surface area (Å²) >= 11 is 0. The molecule has 0 spiro atoms. The number of nitrogens with zero attached hydrogens (tertiary/aromatic N) is 3. The van der Waals surface area contributed by atoms with Crippen LogP contribution in [-0.2, 0) is 13.5 Å². The zero-order valence-electron chi connectivity index (χ0n) is 6.15. The average molecular weight is 141 g/mol. The van der Waals surface area contributed by atoms with Crippen LogP contribution in [0.25, 0.3) is 0 Å². The molecule has 0 bridgehead atoms. The summed E-state index contributed by atoms with van der Waals surface area (Å²) in [6.45, 7) is 1.74. The molecule has 1 N–H and O–H groups in total. The van der Waals surface area contributed by atoms with Gasteiger partial charge in [-0.25, -0.2) is 0 Å². The van der Waals surface area contributed by atoms with Gasteiger partial charge >= 0.3 is 0 Å². The van der Waals surface area contributed by atoms with E-state index in [1.165, 1.54) is 0 Å². The molecule has 0 aliphatic heterocycles. The van der Waals surface area contributed by atoms with Gasteiger partial charge in [0.15, 0.2) is 0 Å². The summed E-state index contributed by atoms with van der Waals surface area (Å²) in [5, 5.41) is 16.4. The minimum absolute atomic E-state index is 0.322. The Morgan fingerprint density at radius 3 is 2.90 bits per heavy atom. The van der Waals surface area contributed by atoms with Crippen molar-refractivity contribution < 1.29 is 5.11 Å². The summed E-state index contributed by atoms with van der Waals surface area (Å²) in [6, 6.07) is 0. The molecule has 0 fully saturated rings. The maximum absolute atomic E-state index is 8.98. The zero-order valence-corrected chi connectivity index (χ0v) is 6.15. The quantitative estimate of drug-likeness (QED) is 0.617. The van der Waals surface area contributed by atoms with Crippen LogP contribution in [0.3, 0.4) is 0 Å². The molecule has 1 atom stereocenters. The Labute approximate surface area is 59.5 Å². The number of hydrogen-bond acceptors (Lipinski definition) is 3. The summed E-state index contributed by atoms with van der Waals surface area (Å²) in [5.41, 5.74) is 0.954. The number of rotatable bonds is 2. The van der Waals surface area contributed by atoms with Crippen LogP contribution in [0.15, 0.2) is 6.20 Å². The molecule has 1 rings (SSSR count). The molecule has 0 unspecified atom stereocenters. The highest BCUT2D eigenvalue weighted by atomic mass is 16.3. The van der Waals surface area contributed by atoms with E-state index in [9.17, 15) is 0 Å². The molecule has 4 heteroatoms. The highest BCUT2D eigenvalue weighted by Crippen LogP contribution is 1.97. The fourth-order valence-electron chi connectivity index (χ4n) is 0.798. The van der Waals surface area contributed by atoms with E-state index in [1.807, 2.05) is 7.05 Å². The molecule has 4 nitrogen and oxygen atoms in total.